The standard InChI is InChI=1S/C23H18F3N7O3/c24-23(25,26)36-17-7-5-15(6-8-17)31-22(35)30-14-3-1-13(2-4-14)19-18(20(27)34)21(33-32-19)29-16-9-11-28-12-10-16/h1-12H,(H2,27,34)(H2,30,31,35)(H2,28,29,32,33). The van der Waals surface area contributed by atoms with Gasteiger partial charge in [-0.1, -0.05) is 12.1 Å². The molecule has 4 aromatic rings. The number of H-pyrrole nitrogens is 1. The molecule has 0 saturated carbocycles. The molecule has 0 bridgehead atoms. The number of nitrogens with one attached hydrogen (secondary N) is 4. The second-order valence-corrected chi connectivity index (χ2v) is 7.28. The number of aromatic nitrogens is 3. The Hall–Kier alpha value is -5.07. The van der Waals surface area contributed by atoms with Gasteiger partial charge in [0.25, 0.3) is 5.91 Å². The predicted octanol–water partition coefficient (Wildman–Crippen LogP) is 4.86. The number of amides is 3. The third-order valence-electron chi connectivity index (χ3n) is 4.72. The first kappa shape index (κ1) is 24.1. The molecule has 10 nitrogen and oxygen atoms in total. The Labute approximate surface area is 201 Å². The van der Waals surface area contributed by atoms with Crippen molar-refractivity contribution in [3.05, 3.63) is 78.6 Å². The molecular formula is C23H18F3N7O3. The van der Waals surface area contributed by atoms with Crippen LogP contribution in [0.25, 0.3) is 11.3 Å². The summed E-state index contributed by atoms with van der Waals surface area (Å²) in [4.78, 5) is 28.3. The topological polar surface area (TPSA) is 147 Å². The number of halogens is 3. The number of rotatable bonds is 7. The highest BCUT2D eigenvalue weighted by Gasteiger charge is 2.31. The molecule has 184 valence electrons. The summed E-state index contributed by atoms with van der Waals surface area (Å²) < 4.78 is 40.5. The summed E-state index contributed by atoms with van der Waals surface area (Å²) in [6, 6.07) is 13.9. The number of carbonyl (C=O) groups excluding carboxylic acids is 2. The van der Waals surface area contributed by atoms with Crippen molar-refractivity contribution < 1.29 is 27.5 Å². The summed E-state index contributed by atoms with van der Waals surface area (Å²) in [6.45, 7) is 0. The van der Waals surface area contributed by atoms with Crippen LogP contribution in [0.3, 0.4) is 0 Å². The van der Waals surface area contributed by atoms with Gasteiger partial charge in [-0.2, -0.15) is 5.10 Å². The minimum atomic E-state index is -4.80. The Morgan fingerprint density at radius 3 is 2.00 bits per heavy atom. The summed E-state index contributed by atoms with van der Waals surface area (Å²) >= 11 is 0. The van der Waals surface area contributed by atoms with Gasteiger partial charge < -0.3 is 26.4 Å². The number of ether oxygens (including phenoxy) is 1. The van der Waals surface area contributed by atoms with E-state index in [1.165, 1.54) is 12.1 Å². The third kappa shape index (κ3) is 6.08. The maximum Gasteiger partial charge on any atom is 0.573 e. The van der Waals surface area contributed by atoms with Crippen molar-refractivity contribution in [1.82, 2.24) is 15.2 Å². The first-order valence-electron chi connectivity index (χ1n) is 10.3. The number of nitrogens with two attached hydrogens (primary N) is 1. The van der Waals surface area contributed by atoms with Crippen LogP contribution in [-0.4, -0.2) is 33.5 Å². The Morgan fingerprint density at radius 1 is 0.861 bits per heavy atom. The van der Waals surface area contributed by atoms with Gasteiger partial charge in [0.2, 0.25) is 0 Å². The first-order chi connectivity index (χ1) is 17.2. The van der Waals surface area contributed by atoms with E-state index in [1.54, 1.807) is 48.8 Å². The van der Waals surface area contributed by atoms with Gasteiger partial charge in [0.05, 0.1) is 0 Å². The maximum absolute atomic E-state index is 12.2. The molecule has 0 atom stereocenters. The van der Waals surface area contributed by atoms with Gasteiger partial charge in [0, 0.05) is 35.0 Å². The number of primary amides is 1. The van der Waals surface area contributed by atoms with Crippen molar-refractivity contribution in [2.75, 3.05) is 16.0 Å². The van der Waals surface area contributed by atoms with Crippen molar-refractivity contribution in [2.45, 2.75) is 6.36 Å². The number of urea groups is 1. The van der Waals surface area contributed by atoms with E-state index in [0.717, 1.165) is 12.1 Å². The van der Waals surface area contributed by atoms with Crippen LogP contribution in [0.5, 0.6) is 5.75 Å². The molecule has 0 spiro atoms. The van der Waals surface area contributed by atoms with E-state index in [9.17, 15) is 22.8 Å². The largest absolute Gasteiger partial charge is 0.573 e. The molecule has 2 aromatic heterocycles. The van der Waals surface area contributed by atoms with Crippen LogP contribution in [-0.2, 0) is 0 Å². The number of aromatic amines is 1. The number of carbonyl (C=O) groups is 2. The van der Waals surface area contributed by atoms with Gasteiger partial charge in [-0.05, 0) is 48.5 Å². The van der Waals surface area contributed by atoms with E-state index in [4.69, 9.17) is 5.73 Å². The summed E-state index contributed by atoms with van der Waals surface area (Å²) in [5, 5.41) is 15.1. The lowest BCUT2D eigenvalue weighted by Gasteiger charge is -2.11. The van der Waals surface area contributed by atoms with Crippen molar-refractivity contribution in [3.8, 4) is 17.0 Å². The SMILES string of the molecule is NC(=O)c1c(-c2ccc(NC(=O)Nc3ccc(OC(F)(F)F)cc3)cc2)n[nH]c1Nc1ccncc1. The van der Waals surface area contributed by atoms with E-state index >= 15 is 0 Å². The number of benzene rings is 2. The van der Waals surface area contributed by atoms with Crippen LogP contribution in [0.1, 0.15) is 10.4 Å². The van der Waals surface area contributed by atoms with Crippen LogP contribution in [0.15, 0.2) is 73.1 Å². The van der Waals surface area contributed by atoms with Gasteiger partial charge in [0.15, 0.2) is 0 Å². The van der Waals surface area contributed by atoms with Gasteiger partial charge >= 0.3 is 12.4 Å². The summed E-state index contributed by atoms with van der Waals surface area (Å²) in [5.74, 6) is -0.780. The minimum absolute atomic E-state index is 0.156. The fourth-order valence-electron chi connectivity index (χ4n) is 3.21. The first-order valence-corrected chi connectivity index (χ1v) is 10.3. The summed E-state index contributed by atoms with van der Waals surface area (Å²) in [6.07, 6.45) is -1.63. The molecule has 0 radical (unpaired) electrons. The molecule has 4 rings (SSSR count). The van der Waals surface area contributed by atoms with E-state index in [2.05, 4.69) is 35.9 Å². The zero-order chi connectivity index (χ0) is 25.7. The fraction of sp³-hybridized carbons (Fsp3) is 0.0435. The molecule has 2 heterocycles. The van der Waals surface area contributed by atoms with Crippen molar-refractivity contribution >= 4 is 34.8 Å². The number of hydrogen-bond acceptors (Lipinski definition) is 6. The lowest BCUT2D eigenvalue weighted by Crippen LogP contribution is -2.19. The highest BCUT2D eigenvalue weighted by Crippen LogP contribution is 2.29. The molecule has 0 unspecified atom stereocenters. The summed E-state index contributed by atoms with van der Waals surface area (Å²) in [7, 11) is 0. The minimum Gasteiger partial charge on any atom is -0.406 e. The van der Waals surface area contributed by atoms with Crippen LogP contribution in [0.2, 0.25) is 0 Å². The Kier molecular flexibility index (Phi) is 6.72. The van der Waals surface area contributed by atoms with Crippen molar-refractivity contribution in [2.24, 2.45) is 5.73 Å². The molecule has 13 heteroatoms. The molecule has 6 N–H and O–H groups in total. The maximum atomic E-state index is 12.2. The number of anilines is 4. The number of pyridine rings is 1. The average molecular weight is 497 g/mol. The normalized spacial score (nSPS) is 11.0. The molecule has 36 heavy (non-hydrogen) atoms. The molecule has 0 aliphatic carbocycles. The smallest absolute Gasteiger partial charge is 0.406 e. The molecule has 0 aliphatic heterocycles. The zero-order valence-corrected chi connectivity index (χ0v) is 18.3. The Balaban J connectivity index is 1.42. The highest BCUT2D eigenvalue weighted by atomic mass is 19.4. The Bertz CT molecular complexity index is 1360. The van der Waals surface area contributed by atoms with E-state index in [-0.39, 0.29) is 11.3 Å². The predicted molar refractivity (Wildman–Crippen MR) is 126 cm³/mol. The lowest BCUT2D eigenvalue weighted by atomic mass is 10.1. The fourth-order valence-corrected chi connectivity index (χ4v) is 3.21. The monoisotopic (exact) mass is 497 g/mol. The van der Waals surface area contributed by atoms with Gasteiger partial charge in [0.1, 0.15) is 22.8 Å². The van der Waals surface area contributed by atoms with Gasteiger partial charge in [-0.15, -0.1) is 13.2 Å². The zero-order valence-electron chi connectivity index (χ0n) is 18.3. The summed E-state index contributed by atoms with van der Waals surface area (Å²) in [5.41, 5.74) is 7.97. The second kappa shape index (κ2) is 10.0. The van der Waals surface area contributed by atoms with Gasteiger partial charge in [-0.25, -0.2) is 4.79 Å². The lowest BCUT2D eigenvalue weighted by molar-refractivity contribution is -0.274. The molecule has 0 aliphatic rings. The van der Waals surface area contributed by atoms with E-state index < -0.39 is 24.1 Å². The molecule has 2 aromatic carbocycles. The Morgan fingerprint density at radius 2 is 1.44 bits per heavy atom. The van der Waals surface area contributed by atoms with Crippen LogP contribution in [0, 0.1) is 0 Å². The molecule has 3 amide bonds. The second-order valence-electron chi connectivity index (χ2n) is 7.28. The average Bonchev–Trinajstić information content (AvgIpc) is 3.24. The van der Waals surface area contributed by atoms with Crippen molar-refractivity contribution in [1.29, 1.82) is 0 Å². The molecule has 0 fully saturated rings. The van der Waals surface area contributed by atoms with E-state index in [1.807, 2.05) is 0 Å². The number of alkyl halides is 3. The highest BCUT2D eigenvalue weighted by molar-refractivity contribution is 6.04. The molecular weight excluding hydrogens is 479 g/mol. The van der Waals surface area contributed by atoms with Crippen LogP contribution in [0.4, 0.5) is 40.8 Å². The van der Waals surface area contributed by atoms with E-state index in [0.29, 0.717) is 28.5 Å². The number of hydrogen-bond donors (Lipinski definition) is 5. The van der Waals surface area contributed by atoms with Gasteiger partial charge in [-0.3, -0.25) is 14.9 Å². The number of nitrogens with zero attached hydrogens (tertiary/aromatic N) is 2. The third-order valence-corrected chi connectivity index (χ3v) is 4.72. The van der Waals surface area contributed by atoms with Crippen molar-refractivity contribution in [3.63, 3.8) is 0 Å². The quantitative estimate of drug-likeness (QED) is 0.246. The van der Waals surface area contributed by atoms with Crippen LogP contribution >= 0.6 is 0 Å². The van der Waals surface area contributed by atoms with Crippen LogP contribution < -0.4 is 26.4 Å². The molecule has 0 saturated heterocycles.